The Bertz CT molecular complexity index is 662. The first-order valence-electron chi connectivity index (χ1n) is 7.67. The van der Waals surface area contributed by atoms with Crippen LogP contribution in [0.1, 0.15) is 52.5 Å². The quantitative estimate of drug-likeness (QED) is 0.428. The Hall–Kier alpha value is -1.21. The Morgan fingerprint density at radius 1 is 1.43 bits per heavy atom. The van der Waals surface area contributed by atoms with Crippen LogP contribution in [0.25, 0.3) is 0 Å². The molecule has 0 aromatic heterocycles. The van der Waals surface area contributed by atoms with Crippen LogP contribution >= 0.6 is 11.8 Å². The summed E-state index contributed by atoms with van der Waals surface area (Å²) < 4.78 is 16.3. The first-order chi connectivity index (χ1) is 10.7. The lowest BCUT2D eigenvalue weighted by atomic mass is 10.1. The third-order valence-corrected chi connectivity index (χ3v) is 6.20. The molecule has 1 fully saturated rings. The molecule has 1 saturated carbocycles. The molecule has 1 aromatic carbocycles. The molecule has 7 heteroatoms. The smallest absolute Gasteiger partial charge is 0.258 e. The number of nitro groups is 1. The number of rotatable bonds is 6. The van der Waals surface area contributed by atoms with Crippen molar-refractivity contribution in [3.8, 4) is 0 Å². The van der Waals surface area contributed by atoms with Crippen LogP contribution in [0.4, 0.5) is 5.69 Å². The van der Waals surface area contributed by atoms with Crippen molar-refractivity contribution >= 4 is 34.1 Å². The van der Waals surface area contributed by atoms with Crippen LogP contribution in [0.5, 0.6) is 0 Å². The van der Waals surface area contributed by atoms with Crippen LogP contribution in [0, 0.1) is 10.1 Å². The normalized spacial score (nSPS) is 17.1. The van der Waals surface area contributed by atoms with Gasteiger partial charge in [0.1, 0.15) is 11.0 Å². The van der Waals surface area contributed by atoms with E-state index in [4.69, 9.17) is 0 Å². The number of hydrogen-bond acceptors (Lipinski definition) is 4. The van der Waals surface area contributed by atoms with Crippen LogP contribution in [-0.2, 0) is 11.0 Å². The fourth-order valence-electron chi connectivity index (χ4n) is 1.87. The topological polar surface area (TPSA) is 72.6 Å². The molecular formula is C16H22N2O3S2. The van der Waals surface area contributed by atoms with Crippen LogP contribution in [0.3, 0.4) is 0 Å². The van der Waals surface area contributed by atoms with Gasteiger partial charge in [0.15, 0.2) is 0 Å². The summed E-state index contributed by atoms with van der Waals surface area (Å²) >= 11 is 1.73. The molecule has 5 nitrogen and oxygen atoms in total. The van der Waals surface area contributed by atoms with Gasteiger partial charge >= 0.3 is 0 Å². The Morgan fingerprint density at radius 2 is 2.09 bits per heavy atom. The summed E-state index contributed by atoms with van der Waals surface area (Å²) in [6, 6.07) is 4.89. The van der Waals surface area contributed by atoms with Gasteiger partial charge in [0.05, 0.1) is 15.4 Å². The van der Waals surface area contributed by atoms with Crippen molar-refractivity contribution in [1.82, 2.24) is 0 Å². The standard InChI is InChI=1S/C16H22N2O3S2/c1-5-14(17-23(21)16(2,3)4)13-10-11(18(19)20)6-9-15(13)22-12-7-8-12/h6,9-10,12H,5,7-8H2,1-4H3. The summed E-state index contributed by atoms with van der Waals surface area (Å²) in [4.78, 5) is 11.7. The maximum atomic E-state index is 12.4. The predicted octanol–water partition coefficient (Wildman–Crippen LogP) is 4.51. The van der Waals surface area contributed by atoms with Gasteiger partial charge < -0.3 is 0 Å². The molecule has 0 saturated heterocycles. The maximum absolute atomic E-state index is 12.4. The summed E-state index contributed by atoms with van der Waals surface area (Å²) in [6.07, 6.45) is 2.93. The van der Waals surface area contributed by atoms with E-state index in [1.54, 1.807) is 23.9 Å². The molecule has 0 amide bonds. The lowest BCUT2D eigenvalue weighted by Gasteiger charge is -2.16. The van der Waals surface area contributed by atoms with Crippen molar-refractivity contribution in [3.05, 3.63) is 33.9 Å². The maximum Gasteiger partial charge on any atom is 0.270 e. The van der Waals surface area contributed by atoms with Gasteiger partial charge in [0.2, 0.25) is 0 Å². The minimum absolute atomic E-state index is 0.0443. The second-order valence-corrected chi connectivity index (χ2v) is 9.76. The lowest BCUT2D eigenvalue weighted by Crippen LogP contribution is -2.21. The summed E-state index contributed by atoms with van der Waals surface area (Å²) in [5.41, 5.74) is 1.46. The second kappa shape index (κ2) is 7.13. The fraction of sp³-hybridized carbons (Fsp3) is 0.562. The molecule has 1 atom stereocenters. The Labute approximate surface area is 143 Å². The molecule has 0 aliphatic heterocycles. The number of nitro benzene ring substituents is 1. The van der Waals surface area contributed by atoms with Gasteiger partial charge in [-0.15, -0.1) is 11.8 Å². The zero-order valence-corrected chi connectivity index (χ0v) is 15.5. The number of non-ortho nitro benzene ring substituents is 1. The van der Waals surface area contributed by atoms with E-state index in [1.165, 1.54) is 18.9 Å². The first kappa shape index (κ1) is 18.1. The van der Waals surface area contributed by atoms with Crippen molar-refractivity contribution in [1.29, 1.82) is 0 Å². The van der Waals surface area contributed by atoms with E-state index in [0.717, 1.165) is 10.5 Å². The highest BCUT2D eigenvalue weighted by molar-refractivity contribution is 8.00. The number of nitrogens with zero attached hydrogens (tertiary/aromatic N) is 2. The number of benzene rings is 1. The monoisotopic (exact) mass is 354 g/mol. The van der Waals surface area contributed by atoms with Crippen LogP contribution < -0.4 is 0 Å². The molecule has 0 radical (unpaired) electrons. The molecule has 0 N–H and O–H groups in total. The van der Waals surface area contributed by atoms with E-state index in [1.807, 2.05) is 27.7 Å². The van der Waals surface area contributed by atoms with Crippen molar-refractivity contribution in [3.63, 3.8) is 0 Å². The van der Waals surface area contributed by atoms with Gasteiger partial charge in [-0.3, -0.25) is 10.1 Å². The summed E-state index contributed by atoms with van der Waals surface area (Å²) in [7, 11) is -1.38. The fourth-order valence-corrected chi connectivity index (χ4v) is 3.75. The lowest BCUT2D eigenvalue weighted by molar-refractivity contribution is -0.384. The zero-order valence-electron chi connectivity index (χ0n) is 13.9. The van der Waals surface area contributed by atoms with E-state index in [9.17, 15) is 14.3 Å². The second-order valence-electron chi connectivity index (χ2n) is 6.51. The van der Waals surface area contributed by atoms with Crippen LogP contribution in [-0.4, -0.2) is 24.8 Å². The molecule has 0 spiro atoms. The molecule has 1 aliphatic rings. The molecular weight excluding hydrogens is 332 g/mol. The van der Waals surface area contributed by atoms with Gasteiger partial charge in [0, 0.05) is 27.8 Å². The van der Waals surface area contributed by atoms with E-state index in [-0.39, 0.29) is 5.69 Å². The highest BCUT2D eigenvalue weighted by atomic mass is 32.2. The third-order valence-electron chi connectivity index (χ3n) is 3.35. The first-order valence-corrected chi connectivity index (χ1v) is 9.66. The largest absolute Gasteiger partial charge is 0.270 e. The van der Waals surface area contributed by atoms with Crippen LogP contribution in [0.2, 0.25) is 0 Å². The van der Waals surface area contributed by atoms with Gasteiger partial charge in [-0.2, -0.15) is 4.40 Å². The van der Waals surface area contributed by atoms with E-state index < -0.39 is 20.7 Å². The van der Waals surface area contributed by atoms with Gasteiger partial charge in [-0.1, -0.05) is 6.92 Å². The minimum Gasteiger partial charge on any atom is -0.258 e. The molecule has 126 valence electrons. The molecule has 1 aliphatic carbocycles. The van der Waals surface area contributed by atoms with Crippen molar-refractivity contribution in [2.75, 3.05) is 0 Å². The minimum atomic E-state index is -1.38. The third kappa shape index (κ3) is 4.88. The van der Waals surface area contributed by atoms with Crippen molar-refractivity contribution < 1.29 is 9.13 Å². The summed E-state index contributed by atoms with van der Waals surface area (Å²) in [5, 5.41) is 11.7. The molecule has 0 bridgehead atoms. The Kier molecular flexibility index (Phi) is 5.62. The van der Waals surface area contributed by atoms with Crippen molar-refractivity contribution in [2.45, 2.75) is 61.8 Å². The van der Waals surface area contributed by atoms with E-state index in [0.29, 0.717) is 17.4 Å². The summed E-state index contributed by atoms with van der Waals surface area (Å²) in [5.74, 6) is 0. The van der Waals surface area contributed by atoms with Gasteiger partial charge in [-0.25, -0.2) is 4.21 Å². The van der Waals surface area contributed by atoms with Crippen molar-refractivity contribution in [2.24, 2.45) is 4.40 Å². The van der Waals surface area contributed by atoms with Gasteiger partial charge in [0.25, 0.3) is 5.69 Å². The highest BCUT2D eigenvalue weighted by Crippen LogP contribution is 2.41. The molecule has 0 heterocycles. The predicted molar refractivity (Wildman–Crippen MR) is 96.7 cm³/mol. The average molecular weight is 354 g/mol. The summed E-state index contributed by atoms with van der Waals surface area (Å²) in [6.45, 7) is 7.54. The zero-order chi connectivity index (χ0) is 17.2. The highest BCUT2D eigenvalue weighted by Gasteiger charge is 2.26. The van der Waals surface area contributed by atoms with E-state index in [2.05, 4.69) is 4.40 Å². The SMILES string of the molecule is CCC(=NS(=O)C(C)(C)C)c1cc([N+](=O)[O-])ccc1SC1CC1. The Morgan fingerprint density at radius 3 is 2.57 bits per heavy atom. The number of thioether (sulfide) groups is 1. The van der Waals surface area contributed by atoms with E-state index >= 15 is 0 Å². The van der Waals surface area contributed by atoms with Gasteiger partial charge in [-0.05, 0) is 46.1 Å². The molecule has 2 rings (SSSR count). The molecule has 1 unspecified atom stereocenters. The molecule has 23 heavy (non-hydrogen) atoms. The van der Waals surface area contributed by atoms with Crippen LogP contribution in [0.15, 0.2) is 27.5 Å². The molecule has 1 aromatic rings. The number of hydrogen-bond donors (Lipinski definition) is 0. The average Bonchev–Trinajstić information content (AvgIpc) is 3.27. The Balaban J connectivity index is 2.46.